The van der Waals surface area contributed by atoms with Crippen molar-refractivity contribution in [2.45, 2.75) is 39.3 Å². The van der Waals surface area contributed by atoms with Crippen molar-refractivity contribution in [1.29, 1.82) is 0 Å². The van der Waals surface area contributed by atoms with E-state index in [-0.39, 0.29) is 17.7 Å². The number of morpholine rings is 1. The van der Waals surface area contributed by atoms with Gasteiger partial charge in [0.05, 0.1) is 6.61 Å². The molecule has 134 valence electrons. The zero-order chi connectivity index (χ0) is 17.5. The lowest BCUT2D eigenvalue weighted by molar-refractivity contribution is -0.140. The van der Waals surface area contributed by atoms with Crippen molar-refractivity contribution in [2.75, 3.05) is 31.6 Å². The van der Waals surface area contributed by atoms with E-state index < -0.39 is 12.1 Å². The highest BCUT2D eigenvalue weighted by atomic mass is 32.1. The first-order valence-electron chi connectivity index (χ1n) is 8.34. The smallest absolute Gasteiger partial charge is 0.251 e. The van der Waals surface area contributed by atoms with Gasteiger partial charge in [0.2, 0.25) is 5.91 Å². The molecule has 2 N–H and O–H groups in total. The van der Waals surface area contributed by atoms with Crippen molar-refractivity contribution in [2.24, 2.45) is 5.92 Å². The van der Waals surface area contributed by atoms with Crippen LogP contribution < -0.4 is 10.6 Å². The van der Waals surface area contributed by atoms with E-state index in [9.17, 15) is 9.59 Å². The maximum Gasteiger partial charge on any atom is 0.251 e. The Morgan fingerprint density at radius 2 is 2.29 bits per heavy atom. The van der Waals surface area contributed by atoms with E-state index in [2.05, 4.69) is 27.4 Å². The number of likely N-dealkylation sites (N-methyl/N-ethyl adjacent to an activating group) is 1. The fourth-order valence-corrected chi connectivity index (χ4v) is 3.13. The number of hydrogen-bond acceptors (Lipinski definition) is 6. The van der Waals surface area contributed by atoms with Crippen LogP contribution in [0.2, 0.25) is 0 Å². The Kier molecular flexibility index (Phi) is 7.14. The second-order valence-corrected chi connectivity index (χ2v) is 7.16. The highest BCUT2D eigenvalue weighted by Gasteiger charge is 2.30. The molecule has 0 aromatic carbocycles. The van der Waals surface area contributed by atoms with Crippen molar-refractivity contribution in [3.63, 3.8) is 0 Å². The first-order valence-corrected chi connectivity index (χ1v) is 9.22. The Morgan fingerprint density at radius 1 is 1.50 bits per heavy atom. The van der Waals surface area contributed by atoms with Crippen LogP contribution in [-0.2, 0) is 14.3 Å². The fourth-order valence-electron chi connectivity index (χ4n) is 2.59. The monoisotopic (exact) mass is 354 g/mol. The van der Waals surface area contributed by atoms with E-state index >= 15 is 0 Å². The molecule has 2 atom stereocenters. The van der Waals surface area contributed by atoms with E-state index in [1.165, 1.54) is 11.3 Å². The highest BCUT2D eigenvalue weighted by molar-refractivity contribution is 7.13. The van der Waals surface area contributed by atoms with Crippen LogP contribution in [0.1, 0.15) is 27.2 Å². The summed E-state index contributed by atoms with van der Waals surface area (Å²) in [6.07, 6.45) is 1.67. The molecule has 1 aliphatic rings. The van der Waals surface area contributed by atoms with Crippen molar-refractivity contribution < 1.29 is 14.3 Å². The Bertz CT molecular complexity index is 535. The van der Waals surface area contributed by atoms with Crippen LogP contribution in [-0.4, -0.2) is 60.1 Å². The molecule has 0 spiro atoms. The van der Waals surface area contributed by atoms with Gasteiger partial charge in [-0.05, 0) is 18.9 Å². The first kappa shape index (κ1) is 18.8. The third-order valence-corrected chi connectivity index (χ3v) is 4.58. The van der Waals surface area contributed by atoms with Gasteiger partial charge in [-0.15, -0.1) is 11.3 Å². The van der Waals surface area contributed by atoms with Crippen LogP contribution in [0.5, 0.6) is 0 Å². The molecule has 2 rings (SSSR count). The van der Waals surface area contributed by atoms with Gasteiger partial charge in [-0.2, -0.15) is 0 Å². The first-order chi connectivity index (χ1) is 11.5. The number of ether oxygens (including phenoxy) is 1. The van der Waals surface area contributed by atoms with E-state index in [0.717, 1.165) is 13.1 Å². The van der Waals surface area contributed by atoms with Crippen molar-refractivity contribution in [3.05, 3.63) is 11.6 Å². The van der Waals surface area contributed by atoms with Gasteiger partial charge in [0.15, 0.2) is 5.13 Å². The third-order valence-electron chi connectivity index (χ3n) is 3.89. The molecule has 1 aromatic heterocycles. The van der Waals surface area contributed by atoms with Gasteiger partial charge in [-0.3, -0.25) is 14.5 Å². The van der Waals surface area contributed by atoms with Crippen LogP contribution in [0.3, 0.4) is 0 Å². The zero-order valence-corrected chi connectivity index (χ0v) is 15.3. The molecule has 1 aromatic rings. The summed E-state index contributed by atoms with van der Waals surface area (Å²) in [5.74, 6) is -0.194. The van der Waals surface area contributed by atoms with Crippen molar-refractivity contribution in [3.8, 4) is 0 Å². The van der Waals surface area contributed by atoms with Crippen LogP contribution in [0.4, 0.5) is 5.13 Å². The molecule has 2 heterocycles. The summed E-state index contributed by atoms with van der Waals surface area (Å²) in [5, 5.41) is 7.94. The van der Waals surface area contributed by atoms with Crippen LogP contribution >= 0.6 is 11.3 Å². The van der Waals surface area contributed by atoms with Gasteiger partial charge in [0, 0.05) is 24.7 Å². The van der Waals surface area contributed by atoms with E-state index in [1.807, 2.05) is 13.8 Å². The summed E-state index contributed by atoms with van der Waals surface area (Å²) in [5.41, 5.74) is 0. The van der Waals surface area contributed by atoms with Crippen molar-refractivity contribution in [1.82, 2.24) is 15.2 Å². The Hall–Kier alpha value is -1.51. The summed E-state index contributed by atoms with van der Waals surface area (Å²) < 4.78 is 5.57. The average Bonchev–Trinajstić information content (AvgIpc) is 3.06. The minimum Gasteiger partial charge on any atom is -0.366 e. The summed E-state index contributed by atoms with van der Waals surface area (Å²) in [6.45, 7) is 8.91. The van der Waals surface area contributed by atoms with E-state index in [4.69, 9.17) is 4.74 Å². The number of amides is 2. The predicted octanol–water partition coefficient (Wildman–Crippen LogP) is 1.33. The lowest BCUT2D eigenvalue weighted by Crippen LogP contribution is -2.54. The van der Waals surface area contributed by atoms with Crippen LogP contribution in [0, 0.1) is 5.92 Å². The lowest BCUT2D eigenvalue weighted by Gasteiger charge is -2.32. The molecule has 7 nitrogen and oxygen atoms in total. The topological polar surface area (TPSA) is 83.6 Å². The van der Waals surface area contributed by atoms with Crippen LogP contribution in [0.15, 0.2) is 11.6 Å². The zero-order valence-electron chi connectivity index (χ0n) is 14.4. The number of carbonyl (C=O) groups is 2. The van der Waals surface area contributed by atoms with Gasteiger partial charge in [0.25, 0.3) is 5.91 Å². The molecular weight excluding hydrogens is 328 g/mol. The Morgan fingerprint density at radius 3 is 2.92 bits per heavy atom. The fraction of sp³-hybridized carbons (Fsp3) is 0.688. The Balaban J connectivity index is 1.96. The van der Waals surface area contributed by atoms with Gasteiger partial charge < -0.3 is 15.4 Å². The number of hydrogen-bond donors (Lipinski definition) is 2. The quantitative estimate of drug-likeness (QED) is 0.772. The molecule has 8 heteroatoms. The predicted molar refractivity (Wildman–Crippen MR) is 94.0 cm³/mol. The second kappa shape index (κ2) is 9.10. The third kappa shape index (κ3) is 5.54. The number of aromatic nitrogens is 1. The molecule has 0 aliphatic carbocycles. The molecule has 1 saturated heterocycles. The molecule has 24 heavy (non-hydrogen) atoms. The highest BCUT2D eigenvalue weighted by Crippen LogP contribution is 2.13. The molecule has 2 amide bonds. The van der Waals surface area contributed by atoms with Gasteiger partial charge in [0.1, 0.15) is 12.1 Å². The lowest BCUT2D eigenvalue weighted by atomic mass is 10.0. The number of nitrogens with zero attached hydrogens (tertiary/aromatic N) is 2. The number of carbonyl (C=O) groups excluding carboxylic acids is 2. The Labute approximate surface area is 146 Å². The average molecular weight is 354 g/mol. The normalized spacial score (nSPS) is 19.9. The maximum absolute atomic E-state index is 12.5. The maximum atomic E-state index is 12.5. The molecule has 1 fully saturated rings. The van der Waals surface area contributed by atoms with E-state index in [1.54, 1.807) is 11.6 Å². The molecule has 1 aliphatic heterocycles. The largest absolute Gasteiger partial charge is 0.366 e. The molecule has 2 unspecified atom stereocenters. The minimum absolute atomic E-state index is 0.229. The second-order valence-electron chi connectivity index (χ2n) is 6.27. The van der Waals surface area contributed by atoms with Crippen LogP contribution in [0.25, 0.3) is 0 Å². The molecule has 0 radical (unpaired) electrons. The van der Waals surface area contributed by atoms with Gasteiger partial charge >= 0.3 is 0 Å². The van der Waals surface area contributed by atoms with Gasteiger partial charge in [-0.25, -0.2) is 4.98 Å². The van der Waals surface area contributed by atoms with Gasteiger partial charge in [-0.1, -0.05) is 20.8 Å². The summed E-state index contributed by atoms with van der Waals surface area (Å²) in [6, 6.07) is -0.595. The van der Waals surface area contributed by atoms with E-state index in [0.29, 0.717) is 24.7 Å². The molecule has 0 saturated carbocycles. The number of thiazole rings is 1. The summed E-state index contributed by atoms with van der Waals surface area (Å²) in [7, 11) is 0. The van der Waals surface area contributed by atoms with Crippen molar-refractivity contribution >= 4 is 28.3 Å². The SMILES string of the molecule is CCN1CCOC(C(=O)NC(CC(C)C)C(=O)Nc2nccs2)C1. The molecular formula is C16H26N4O3S. The summed E-state index contributed by atoms with van der Waals surface area (Å²) in [4.78, 5) is 31.2. The number of anilines is 1. The minimum atomic E-state index is -0.595. The summed E-state index contributed by atoms with van der Waals surface area (Å²) >= 11 is 1.35. The number of rotatable bonds is 7. The standard InChI is InChI=1S/C16H26N4O3S/c1-4-20-6-7-23-13(10-20)15(22)18-12(9-11(2)3)14(21)19-16-17-5-8-24-16/h5,8,11-13H,4,6-7,9-10H2,1-3H3,(H,18,22)(H,17,19,21). The number of nitrogens with one attached hydrogen (secondary N) is 2. The molecule has 0 bridgehead atoms.